The van der Waals surface area contributed by atoms with E-state index in [1.807, 2.05) is 41.8 Å². The number of nitrogens with zero attached hydrogens (tertiary/aromatic N) is 4. The summed E-state index contributed by atoms with van der Waals surface area (Å²) in [5, 5.41) is 3.19. The van der Waals surface area contributed by atoms with Gasteiger partial charge in [-0.25, -0.2) is 15.0 Å². The first-order chi connectivity index (χ1) is 12.2. The molecule has 0 aliphatic heterocycles. The third kappa shape index (κ3) is 3.21. The van der Waals surface area contributed by atoms with E-state index in [1.54, 1.807) is 13.3 Å². The number of rotatable bonds is 4. The normalized spacial score (nSPS) is 11.8. The van der Waals surface area contributed by atoms with Crippen LogP contribution in [0.15, 0.2) is 53.0 Å². The SMILES string of the molecule is COc1ccc(-c2csc(/N=C(\N)c3nc4ncccc4s3)n2)cc1. The van der Waals surface area contributed by atoms with Crippen LogP contribution in [0.2, 0.25) is 0 Å². The summed E-state index contributed by atoms with van der Waals surface area (Å²) in [5.74, 6) is 1.16. The summed E-state index contributed by atoms with van der Waals surface area (Å²) < 4.78 is 6.15. The zero-order valence-electron chi connectivity index (χ0n) is 13.2. The van der Waals surface area contributed by atoms with Crippen LogP contribution in [-0.4, -0.2) is 27.9 Å². The Hall–Kier alpha value is -2.84. The Morgan fingerprint density at radius 3 is 2.76 bits per heavy atom. The monoisotopic (exact) mass is 367 g/mol. The number of aromatic nitrogens is 3. The second kappa shape index (κ2) is 6.58. The maximum Gasteiger partial charge on any atom is 0.211 e. The molecule has 0 bridgehead atoms. The molecule has 0 unspecified atom stereocenters. The molecule has 0 radical (unpaired) electrons. The largest absolute Gasteiger partial charge is 0.497 e. The molecular weight excluding hydrogens is 354 g/mol. The molecule has 4 rings (SSSR count). The minimum absolute atomic E-state index is 0.346. The lowest BCUT2D eigenvalue weighted by molar-refractivity contribution is 0.415. The number of benzene rings is 1. The van der Waals surface area contributed by atoms with Crippen molar-refractivity contribution < 1.29 is 4.74 Å². The van der Waals surface area contributed by atoms with Gasteiger partial charge in [-0.15, -0.1) is 22.7 Å². The van der Waals surface area contributed by atoms with Crippen molar-refractivity contribution in [2.45, 2.75) is 0 Å². The Balaban J connectivity index is 1.61. The fourth-order valence-corrected chi connectivity index (χ4v) is 3.77. The molecule has 25 heavy (non-hydrogen) atoms. The standard InChI is InChI=1S/C17H13N5OS2/c1-23-11-6-4-10(5-7-11)12-9-24-17(20-12)21-14(18)16-22-15-13(25-16)3-2-8-19-15/h2-9H,1H3,(H2,18,20,21). The van der Waals surface area contributed by atoms with Gasteiger partial charge in [-0.1, -0.05) is 0 Å². The second-order valence-corrected chi connectivity index (χ2v) is 6.95. The third-order valence-corrected chi connectivity index (χ3v) is 5.24. The summed E-state index contributed by atoms with van der Waals surface area (Å²) in [6.45, 7) is 0. The van der Waals surface area contributed by atoms with E-state index in [2.05, 4.69) is 19.9 Å². The highest BCUT2D eigenvalue weighted by Gasteiger charge is 2.10. The van der Waals surface area contributed by atoms with Gasteiger partial charge >= 0.3 is 0 Å². The van der Waals surface area contributed by atoms with E-state index in [4.69, 9.17) is 10.5 Å². The van der Waals surface area contributed by atoms with Crippen LogP contribution >= 0.6 is 22.7 Å². The lowest BCUT2D eigenvalue weighted by Crippen LogP contribution is -2.12. The third-order valence-electron chi connectivity index (χ3n) is 3.48. The Labute approximate surface area is 151 Å². The van der Waals surface area contributed by atoms with E-state index in [0.717, 1.165) is 21.7 Å². The molecule has 6 nitrogen and oxygen atoms in total. The molecule has 8 heteroatoms. The van der Waals surface area contributed by atoms with Gasteiger partial charge < -0.3 is 10.5 Å². The number of hydrogen-bond donors (Lipinski definition) is 1. The highest BCUT2D eigenvalue weighted by molar-refractivity contribution is 7.20. The maximum absolute atomic E-state index is 6.10. The van der Waals surface area contributed by atoms with Crippen LogP contribution in [0, 0.1) is 0 Å². The fourth-order valence-electron chi connectivity index (χ4n) is 2.24. The lowest BCUT2D eigenvalue weighted by Gasteiger charge is -2.00. The molecule has 0 saturated carbocycles. The van der Waals surface area contributed by atoms with Gasteiger partial charge in [0.1, 0.15) is 5.75 Å². The van der Waals surface area contributed by atoms with E-state index in [9.17, 15) is 0 Å². The van der Waals surface area contributed by atoms with Crippen LogP contribution in [-0.2, 0) is 0 Å². The number of nitrogens with two attached hydrogens (primary N) is 1. The lowest BCUT2D eigenvalue weighted by atomic mass is 10.2. The van der Waals surface area contributed by atoms with E-state index in [0.29, 0.717) is 21.6 Å². The predicted octanol–water partition coefficient (Wildman–Crippen LogP) is 3.86. The van der Waals surface area contributed by atoms with Crippen molar-refractivity contribution in [3.05, 3.63) is 53.0 Å². The van der Waals surface area contributed by atoms with Crippen molar-refractivity contribution in [3.8, 4) is 17.0 Å². The fraction of sp³-hybridized carbons (Fsp3) is 0.0588. The maximum atomic E-state index is 6.10. The molecule has 0 saturated heterocycles. The van der Waals surface area contributed by atoms with Gasteiger partial charge in [0, 0.05) is 17.1 Å². The molecule has 0 aliphatic carbocycles. The molecule has 0 amide bonds. The molecule has 3 aromatic heterocycles. The van der Waals surface area contributed by atoms with Crippen molar-refractivity contribution in [1.29, 1.82) is 0 Å². The van der Waals surface area contributed by atoms with Crippen molar-refractivity contribution in [1.82, 2.24) is 15.0 Å². The highest BCUT2D eigenvalue weighted by Crippen LogP contribution is 2.28. The van der Waals surface area contributed by atoms with E-state index in [-0.39, 0.29) is 0 Å². The zero-order chi connectivity index (χ0) is 17.2. The van der Waals surface area contributed by atoms with Gasteiger partial charge in [-0.3, -0.25) is 0 Å². The summed E-state index contributed by atoms with van der Waals surface area (Å²) in [7, 11) is 1.64. The van der Waals surface area contributed by atoms with Crippen LogP contribution in [0.5, 0.6) is 5.75 Å². The molecule has 3 heterocycles. The number of ether oxygens (including phenoxy) is 1. The molecule has 0 atom stereocenters. The average Bonchev–Trinajstić information content (AvgIpc) is 3.28. The molecule has 124 valence electrons. The molecule has 0 aliphatic rings. The first-order valence-corrected chi connectivity index (χ1v) is 9.08. The smallest absolute Gasteiger partial charge is 0.211 e. The van der Waals surface area contributed by atoms with E-state index >= 15 is 0 Å². The zero-order valence-corrected chi connectivity index (χ0v) is 14.8. The summed E-state index contributed by atoms with van der Waals surface area (Å²) in [4.78, 5) is 17.6. The molecule has 0 fully saturated rings. The highest BCUT2D eigenvalue weighted by atomic mass is 32.1. The van der Waals surface area contributed by atoms with Crippen LogP contribution in [0.4, 0.5) is 5.13 Å². The van der Waals surface area contributed by atoms with Crippen LogP contribution in [0.1, 0.15) is 5.01 Å². The van der Waals surface area contributed by atoms with Crippen LogP contribution in [0.3, 0.4) is 0 Å². The first kappa shape index (κ1) is 15.7. The molecule has 0 spiro atoms. The summed E-state index contributed by atoms with van der Waals surface area (Å²) in [5.41, 5.74) is 8.63. The van der Waals surface area contributed by atoms with Crippen molar-refractivity contribution in [2.24, 2.45) is 10.7 Å². The Morgan fingerprint density at radius 1 is 1.16 bits per heavy atom. The van der Waals surface area contributed by atoms with Gasteiger partial charge in [0.25, 0.3) is 0 Å². The minimum atomic E-state index is 0.346. The molecule has 2 N–H and O–H groups in total. The summed E-state index contributed by atoms with van der Waals surface area (Å²) in [6.07, 6.45) is 1.71. The number of pyridine rings is 1. The Kier molecular flexibility index (Phi) is 4.12. The topological polar surface area (TPSA) is 86.3 Å². The average molecular weight is 367 g/mol. The summed E-state index contributed by atoms with van der Waals surface area (Å²) >= 11 is 2.90. The molecular formula is C17H13N5OS2. The predicted molar refractivity (Wildman–Crippen MR) is 102 cm³/mol. The molecule has 4 aromatic rings. The van der Waals surface area contributed by atoms with Gasteiger partial charge in [0.05, 0.1) is 17.5 Å². The van der Waals surface area contributed by atoms with Crippen molar-refractivity contribution in [2.75, 3.05) is 7.11 Å². The number of thiazole rings is 2. The molecule has 1 aromatic carbocycles. The van der Waals surface area contributed by atoms with Gasteiger partial charge in [0.2, 0.25) is 5.13 Å². The van der Waals surface area contributed by atoms with Gasteiger partial charge in [0.15, 0.2) is 16.5 Å². The number of amidine groups is 1. The number of aliphatic imine (C=N–C) groups is 1. The first-order valence-electron chi connectivity index (χ1n) is 7.39. The Bertz CT molecular complexity index is 1020. The van der Waals surface area contributed by atoms with Gasteiger partial charge in [-0.2, -0.15) is 4.99 Å². The van der Waals surface area contributed by atoms with Gasteiger partial charge in [-0.05, 0) is 36.4 Å². The number of fused-ring (bicyclic) bond motifs is 1. The van der Waals surface area contributed by atoms with Crippen molar-refractivity contribution >= 4 is 44.0 Å². The van der Waals surface area contributed by atoms with Crippen LogP contribution < -0.4 is 10.5 Å². The minimum Gasteiger partial charge on any atom is -0.497 e. The summed E-state index contributed by atoms with van der Waals surface area (Å²) in [6, 6.07) is 11.6. The quantitative estimate of drug-likeness (QED) is 0.437. The van der Waals surface area contributed by atoms with E-state index < -0.39 is 0 Å². The van der Waals surface area contributed by atoms with Crippen molar-refractivity contribution in [3.63, 3.8) is 0 Å². The van der Waals surface area contributed by atoms with Crippen LogP contribution in [0.25, 0.3) is 21.6 Å². The second-order valence-electron chi connectivity index (χ2n) is 5.09. The van der Waals surface area contributed by atoms with E-state index in [1.165, 1.54) is 22.7 Å². The number of methoxy groups -OCH3 is 1. The Morgan fingerprint density at radius 2 is 2.00 bits per heavy atom. The number of hydrogen-bond acceptors (Lipinski definition) is 7.